The highest BCUT2D eigenvalue weighted by atomic mass is 32.2. The molecule has 0 unspecified atom stereocenters. The molecule has 6 nitrogen and oxygen atoms in total. The molecule has 1 amide bonds. The Morgan fingerprint density at radius 2 is 2.10 bits per heavy atom. The standard InChI is InChI=1S/C12H15N5OS2/c13-9-6-10(14)17-12(16-9)20-7-11(18)15-4-3-8-2-1-5-19-8/h1-2,5-6H,3-4,7H2,(H,15,18)(H4,13,14,16,17). The summed E-state index contributed by atoms with van der Waals surface area (Å²) in [6.45, 7) is 0.625. The molecule has 8 heteroatoms. The summed E-state index contributed by atoms with van der Waals surface area (Å²) in [6, 6.07) is 5.53. The third kappa shape index (κ3) is 4.71. The monoisotopic (exact) mass is 309 g/mol. The van der Waals surface area contributed by atoms with Crippen LogP contribution in [-0.4, -0.2) is 28.2 Å². The van der Waals surface area contributed by atoms with Gasteiger partial charge < -0.3 is 16.8 Å². The molecule has 20 heavy (non-hydrogen) atoms. The third-order valence-corrected chi connectivity index (χ3v) is 4.13. The summed E-state index contributed by atoms with van der Waals surface area (Å²) in [4.78, 5) is 20.9. The minimum absolute atomic E-state index is 0.0591. The number of anilines is 2. The first-order valence-electron chi connectivity index (χ1n) is 5.95. The van der Waals surface area contributed by atoms with Crippen molar-refractivity contribution in [2.75, 3.05) is 23.8 Å². The molecule has 0 aromatic carbocycles. The van der Waals surface area contributed by atoms with Crippen LogP contribution in [0.25, 0.3) is 0 Å². The van der Waals surface area contributed by atoms with Crippen LogP contribution in [0, 0.1) is 0 Å². The smallest absolute Gasteiger partial charge is 0.230 e. The number of carbonyl (C=O) groups excluding carboxylic acids is 1. The lowest BCUT2D eigenvalue weighted by Crippen LogP contribution is -2.27. The first-order valence-corrected chi connectivity index (χ1v) is 7.82. The zero-order valence-corrected chi connectivity index (χ0v) is 12.3. The minimum atomic E-state index is -0.0591. The Hall–Kier alpha value is -1.80. The van der Waals surface area contributed by atoms with Gasteiger partial charge in [-0.25, -0.2) is 9.97 Å². The summed E-state index contributed by atoms with van der Waals surface area (Å²) in [5, 5.41) is 5.28. The van der Waals surface area contributed by atoms with Crippen LogP contribution in [0.2, 0.25) is 0 Å². The number of nitrogen functional groups attached to an aromatic ring is 2. The first-order chi connectivity index (χ1) is 9.63. The summed E-state index contributed by atoms with van der Waals surface area (Å²) in [6.07, 6.45) is 0.843. The van der Waals surface area contributed by atoms with E-state index in [4.69, 9.17) is 11.5 Å². The molecular weight excluding hydrogens is 294 g/mol. The first kappa shape index (κ1) is 14.6. The van der Waals surface area contributed by atoms with E-state index in [9.17, 15) is 4.79 Å². The van der Waals surface area contributed by atoms with Crippen LogP contribution in [0.4, 0.5) is 11.6 Å². The van der Waals surface area contributed by atoms with Gasteiger partial charge in [0.15, 0.2) is 5.16 Å². The predicted molar refractivity (Wildman–Crippen MR) is 82.6 cm³/mol. The molecule has 5 N–H and O–H groups in total. The van der Waals surface area contributed by atoms with Crippen molar-refractivity contribution in [3.8, 4) is 0 Å². The zero-order chi connectivity index (χ0) is 14.4. The molecule has 2 aromatic rings. The van der Waals surface area contributed by atoms with E-state index >= 15 is 0 Å². The van der Waals surface area contributed by atoms with Gasteiger partial charge in [0.2, 0.25) is 5.91 Å². The second-order valence-corrected chi connectivity index (χ2v) is 5.94. The van der Waals surface area contributed by atoms with Crippen molar-refractivity contribution in [3.05, 3.63) is 28.5 Å². The number of rotatable bonds is 6. The number of aromatic nitrogens is 2. The van der Waals surface area contributed by atoms with Crippen LogP contribution in [0.1, 0.15) is 4.88 Å². The van der Waals surface area contributed by atoms with Gasteiger partial charge in [0.25, 0.3) is 0 Å². The maximum atomic E-state index is 11.7. The van der Waals surface area contributed by atoms with Gasteiger partial charge in [0, 0.05) is 17.5 Å². The van der Waals surface area contributed by atoms with Crippen LogP contribution >= 0.6 is 23.1 Å². The molecule has 0 aliphatic heterocycles. The molecule has 0 saturated carbocycles. The Bertz CT molecular complexity index is 553. The van der Waals surface area contributed by atoms with Gasteiger partial charge in [-0.2, -0.15) is 0 Å². The molecule has 0 fully saturated rings. The van der Waals surface area contributed by atoms with E-state index in [0.717, 1.165) is 6.42 Å². The fourth-order valence-electron chi connectivity index (χ4n) is 1.49. The molecule has 2 aromatic heterocycles. The molecule has 0 saturated heterocycles. The molecule has 2 heterocycles. The second kappa shape index (κ2) is 7.11. The summed E-state index contributed by atoms with van der Waals surface area (Å²) >= 11 is 2.90. The lowest BCUT2D eigenvalue weighted by atomic mass is 10.3. The van der Waals surface area contributed by atoms with E-state index in [0.29, 0.717) is 23.3 Å². The van der Waals surface area contributed by atoms with Gasteiger partial charge in [-0.3, -0.25) is 4.79 Å². The van der Waals surface area contributed by atoms with Gasteiger partial charge >= 0.3 is 0 Å². The van der Waals surface area contributed by atoms with E-state index in [2.05, 4.69) is 21.4 Å². The number of nitrogens with two attached hydrogens (primary N) is 2. The highest BCUT2D eigenvalue weighted by Gasteiger charge is 2.06. The maximum Gasteiger partial charge on any atom is 0.230 e. The fourth-order valence-corrected chi connectivity index (χ4v) is 2.90. The predicted octanol–water partition coefficient (Wildman–Crippen LogP) is 1.15. The Morgan fingerprint density at radius 1 is 1.35 bits per heavy atom. The van der Waals surface area contributed by atoms with Gasteiger partial charge in [-0.15, -0.1) is 11.3 Å². The van der Waals surface area contributed by atoms with Crippen LogP contribution in [0.15, 0.2) is 28.7 Å². The van der Waals surface area contributed by atoms with Crippen molar-refractivity contribution in [2.24, 2.45) is 0 Å². The van der Waals surface area contributed by atoms with Crippen molar-refractivity contribution in [1.29, 1.82) is 0 Å². The van der Waals surface area contributed by atoms with Gasteiger partial charge in [0.05, 0.1) is 5.75 Å². The highest BCUT2D eigenvalue weighted by Crippen LogP contribution is 2.15. The summed E-state index contributed by atoms with van der Waals surface area (Å²) in [7, 11) is 0. The Morgan fingerprint density at radius 3 is 2.75 bits per heavy atom. The normalized spacial score (nSPS) is 10.4. The van der Waals surface area contributed by atoms with E-state index in [-0.39, 0.29) is 11.7 Å². The number of nitrogens with one attached hydrogen (secondary N) is 1. The fraction of sp³-hybridized carbons (Fsp3) is 0.250. The molecule has 2 rings (SSSR count). The molecular formula is C12H15N5OS2. The van der Waals surface area contributed by atoms with Crippen molar-refractivity contribution in [3.63, 3.8) is 0 Å². The number of amides is 1. The van der Waals surface area contributed by atoms with Crippen LogP contribution < -0.4 is 16.8 Å². The summed E-state index contributed by atoms with van der Waals surface area (Å²) in [5.41, 5.74) is 11.1. The molecule has 0 aliphatic rings. The lowest BCUT2D eigenvalue weighted by molar-refractivity contribution is -0.118. The van der Waals surface area contributed by atoms with E-state index < -0.39 is 0 Å². The SMILES string of the molecule is Nc1cc(N)nc(SCC(=O)NCCc2cccs2)n1. The number of thiophene rings is 1. The quantitative estimate of drug-likeness (QED) is 0.546. The number of hydrogen-bond acceptors (Lipinski definition) is 7. The van der Waals surface area contributed by atoms with Crippen molar-refractivity contribution in [2.45, 2.75) is 11.6 Å². The lowest BCUT2D eigenvalue weighted by Gasteiger charge is -2.04. The van der Waals surface area contributed by atoms with E-state index in [1.54, 1.807) is 11.3 Å². The zero-order valence-electron chi connectivity index (χ0n) is 10.7. The largest absolute Gasteiger partial charge is 0.383 e. The third-order valence-electron chi connectivity index (χ3n) is 2.35. The highest BCUT2D eigenvalue weighted by molar-refractivity contribution is 7.99. The molecule has 0 radical (unpaired) electrons. The van der Waals surface area contributed by atoms with Gasteiger partial charge in [-0.1, -0.05) is 17.8 Å². The number of carbonyl (C=O) groups is 1. The maximum absolute atomic E-state index is 11.7. The topological polar surface area (TPSA) is 107 Å². The molecule has 106 valence electrons. The van der Waals surface area contributed by atoms with E-state index in [1.165, 1.54) is 22.7 Å². The Balaban J connectivity index is 1.72. The Labute approximate surface area is 125 Å². The number of nitrogens with zero attached hydrogens (tertiary/aromatic N) is 2. The van der Waals surface area contributed by atoms with Crippen LogP contribution in [0.3, 0.4) is 0 Å². The summed E-state index contributed by atoms with van der Waals surface area (Å²) < 4.78 is 0. The average molecular weight is 309 g/mol. The minimum Gasteiger partial charge on any atom is -0.383 e. The molecule has 0 aliphatic carbocycles. The van der Waals surface area contributed by atoms with Crippen molar-refractivity contribution >= 4 is 40.6 Å². The average Bonchev–Trinajstić information content (AvgIpc) is 2.88. The number of thioether (sulfide) groups is 1. The number of hydrogen-bond donors (Lipinski definition) is 3. The molecule has 0 bridgehead atoms. The van der Waals surface area contributed by atoms with Gasteiger partial charge in [-0.05, 0) is 17.9 Å². The van der Waals surface area contributed by atoms with Crippen LogP contribution in [-0.2, 0) is 11.2 Å². The molecule has 0 atom stereocenters. The van der Waals surface area contributed by atoms with Crippen molar-refractivity contribution in [1.82, 2.24) is 15.3 Å². The van der Waals surface area contributed by atoms with E-state index in [1.807, 2.05) is 11.4 Å². The van der Waals surface area contributed by atoms with Crippen LogP contribution in [0.5, 0.6) is 0 Å². The second-order valence-electron chi connectivity index (χ2n) is 3.97. The van der Waals surface area contributed by atoms with Gasteiger partial charge in [0.1, 0.15) is 11.6 Å². The summed E-state index contributed by atoms with van der Waals surface area (Å²) in [5.74, 6) is 0.792. The molecule has 0 spiro atoms. The Kier molecular flexibility index (Phi) is 5.19. The van der Waals surface area contributed by atoms with Crippen molar-refractivity contribution < 1.29 is 4.79 Å².